The van der Waals surface area contributed by atoms with Gasteiger partial charge in [0.1, 0.15) is 5.75 Å². The maximum absolute atomic E-state index is 12.2. The highest BCUT2D eigenvalue weighted by Crippen LogP contribution is 2.23. The van der Waals surface area contributed by atoms with E-state index in [1.54, 1.807) is 24.3 Å². The van der Waals surface area contributed by atoms with Gasteiger partial charge < -0.3 is 14.8 Å². The summed E-state index contributed by atoms with van der Waals surface area (Å²) in [6.07, 6.45) is 0. The zero-order chi connectivity index (χ0) is 18.1. The highest BCUT2D eigenvalue weighted by molar-refractivity contribution is 7.99. The molecule has 0 bridgehead atoms. The van der Waals surface area contributed by atoms with Gasteiger partial charge in [0.05, 0.1) is 30.7 Å². The van der Waals surface area contributed by atoms with Gasteiger partial charge in [-0.15, -0.1) is 11.8 Å². The summed E-state index contributed by atoms with van der Waals surface area (Å²) in [4.78, 5) is 23.9. The Morgan fingerprint density at radius 3 is 2.56 bits per heavy atom. The lowest BCUT2D eigenvalue weighted by atomic mass is 10.2. The van der Waals surface area contributed by atoms with Crippen LogP contribution >= 0.6 is 11.8 Å². The quantitative estimate of drug-likeness (QED) is 0.727. The van der Waals surface area contributed by atoms with E-state index in [0.29, 0.717) is 23.6 Å². The van der Waals surface area contributed by atoms with Crippen LogP contribution in [0.15, 0.2) is 48.5 Å². The Morgan fingerprint density at radius 1 is 1.08 bits per heavy atom. The van der Waals surface area contributed by atoms with Crippen molar-refractivity contribution in [2.45, 2.75) is 12.7 Å². The Balaban J connectivity index is 1.91. The smallest absolute Gasteiger partial charge is 0.339 e. The molecule has 0 radical (unpaired) electrons. The molecule has 0 saturated carbocycles. The Hall–Kier alpha value is -2.47. The largest absolute Gasteiger partial charge is 0.494 e. The first-order valence-electron chi connectivity index (χ1n) is 7.91. The first-order chi connectivity index (χ1) is 12.2. The Kier molecular flexibility index (Phi) is 7.35. The summed E-state index contributed by atoms with van der Waals surface area (Å²) >= 11 is 1.49. The van der Waals surface area contributed by atoms with Gasteiger partial charge in [-0.3, -0.25) is 4.79 Å². The summed E-state index contributed by atoms with van der Waals surface area (Å²) in [5.74, 6) is 1.14. The third-order valence-electron chi connectivity index (χ3n) is 3.37. The maximum atomic E-state index is 12.2. The molecule has 0 atom stereocenters. The van der Waals surface area contributed by atoms with Gasteiger partial charge in [-0.05, 0) is 25.1 Å². The van der Waals surface area contributed by atoms with Gasteiger partial charge in [0.25, 0.3) is 0 Å². The van der Waals surface area contributed by atoms with E-state index in [1.807, 2.05) is 31.2 Å². The molecule has 0 saturated heterocycles. The second kappa shape index (κ2) is 9.74. The zero-order valence-electron chi connectivity index (χ0n) is 14.3. The standard InChI is InChI=1S/C19H21NO4S/c1-3-24-17-11-7-4-8-14(17)12-25-13-18(21)20-16-10-6-5-9-15(16)19(22)23-2/h4-11H,3,12-13H2,1-2H3,(H,20,21). The number of ether oxygens (including phenoxy) is 2. The van der Waals surface area contributed by atoms with Crippen LogP contribution in [0.5, 0.6) is 5.75 Å². The molecular formula is C19H21NO4S. The molecule has 1 N–H and O–H groups in total. The molecule has 6 heteroatoms. The molecule has 2 aromatic rings. The molecule has 0 heterocycles. The molecule has 0 aliphatic heterocycles. The summed E-state index contributed by atoms with van der Waals surface area (Å²) < 4.78 is 10.3. The van der Waals surface area contributed by atoms with Crippen molar-refractivity contribution in [2.24, 2.45) is 0 Å². The Labute approximate surface area is 151 Å². The highest BCUT2D eigenvalue weighted by atomic mass is 32.2. The first kappa shape index (κ1) is 18.9. The number of methoxy groups -OCH3 is 1. The minimum atomic E-state index is -0.478. The number of carbonyl (C=O) groups is 2. The van der Waals surface area contributed by atoms with Crippen molar-refractivity contribution >= 4 is 29.3 Å². The number of rotatable bonds is 8. The number of para-hydroxylation sites is 2. The fraction of sp³-hybridized carbons (Fsp3) is 0.263. The lowest BCUT2D eigenvalue weighted by Gasteiger charge is -2.11. The van der Waals surface area contributed by atoms with Crippen LogP contribution < -0.4 is 10.1 Å². The van der Waals surface area contributed by atoms with Gasteiger partial charge >= 0.3 is 5.97 Å². The van der Waals surface area contributed by atoms with Crippen molar-refractivity contribution in [3.63, 3.8) is 0 Å². The number of anilines is 1. The number of thioether (sulfide) groups is 1. The first-order valence-corrected chi connectivity index (χ1v) is 9.06. The number of hydrogen-bond donors (Lipinski definition) is 1. The summed E-state index contributed by atoms with van der Waals surface area (Å²) in [5.41, 5.74) is 1.84. The minimum Gasteiger partial charge on any atom is -0.494 e. The van der Waals surface area contributed by atoms with Crippen molar-refractivity contribution < 1.29 is 19.1 Å². The average molecular weight is 359 g/mol. The molecule has 0 unspecified atom stereocenters. The van der Waals surface area contributed by atoms with E-state index < -0.39 is 5.97 Å². The van der Waals surface area contributed by atoms with Crippen molar-refractivity contribution in [3.8, 4) is 5.75 Å². The molecule has 25 heavy (non-hydrogen) atoms. The number of amides is 1. The predicted molar refractivity (Wildman–Crippen MR) is 100 cm³/mol. The SMILES string of the molecule is CCOc1ccccc1CSCC(=O)Nc1ccccc1C(=O)OC. The van der Waals surface area contributed by atoms with Crippen LogP contribution in [0.25, 0.3) is 0 Å². The lowest BCUT2D eigenvalue weighted by Crippen LogP contribution is -2.17. The van der Waals surface area contributed by atoms with Crippen LogP contribution in [-0.2, 0) is 15.3 Å². The Bertz CT molecular complexity index is 733. The highest BCUT2D eigenvalue weighted by Gasteiger charge is 2.13. The molecule has 5 nitrogen and oxygen atoms in total. The van der Waals surface area contributed by atoms with E-state index in [1.165, 1.54) is 18.9 Å². The molecule has 0 fully saturated rings. The second-order valence-corrected chi connectivity index (χ2v) is 6.10. The van der Waals surface area contributed by atoms with Crippen LogP contribution in [0.4, 0.5) is 5.69 Å². The molecule has 2 aromatic carbocycles. The van der Waals surface area contributed by atoms with E-state index in [-0.39, 0.29) is 11.7 Å². The molecule has 132 valence electrons. The van der Waals surface area contributed by atoms with Gasteiger partial charge in [0.15, 0.2) is 0 Å². The number of hydrogen-bond acceptors (Lipinski definition) is 5. The molecule has 1 amide bonds. The monoisotopic (exact) mass is 359 g/mol. The number of esters is 1. The van der Waals surface area contributed by atoms with Crippen LogP contribution in [0.1, 0.15) is 22.8 Å². The predicted octanol–water partition coefficient (Wildman–Crippen LogP) is 3.74. The van der Waals surface area contributed by atoms with Crippen molar-refractivity contribution in [3.05, 3.63) is 59.7 Å². The number of benzene rings is 2. The van der Waals surface area contributed by atoms with E-state index in [9.17, 15) is 9.59 Å². The number of nitrogens with one attached hydrogen (secondary N) is 1. The van der Waals surface area contributed by atoms with Crippen molar-refractivity contribution in [1.82, 2.24) is 0 Å². The molecule has 2 rings (SSSR count). The normalized spacial score (nSPS) is 10.2. The van der Waals surface area contributed by atoms with E-state index in [0.717, 1.165) is 11.3 Å². The maximum Gasteiger partial charge on any atom is 0.339 e. The molecule has 0 spiro atoms. The van der Waals surface area contributed by atoms with Crippen LogP contribution in [0, 0.1) is 0 Å². The van der Waals surface area contributed by atoms with E-state index >= 15 is 0 Å². The van der Waals surface area contributed by atoms with Crippen molar-refractivity contribution in [1.29, 1.82) is 0 Å². The van der Waals surface area contributed by atoms with Crippen LogP contribution in [0.2, 0.25) is 0 Å². The van der Waals surface area contributed by atoms with Gasteiger partial charge in [-0.2, -0.15) is 0 Å². The molecular weight excluding hydrogens is 338 g/mol. The van der Waals surface area contributed by atoms with Gasteiger partial charge in [0.2, 0.25) is 5.91 Å². The van der Waals surface area contributed by atoms with Crippen LogP contribution in [-0.4, -0.2) is 31.3 Å². The lowest BCUT2D eigenvalue weighted by molar-refractivity contribution is -0.113. The molecule has 0 aliphatic carbocycles. The topological polar surface area (TPSA) is 64.6 Å². The Morgan fingerprint density at radius 2 is 1.80 bits per heavy atom. The summed E-state index contributed by atoms with van der Waals surface area (Å²) in [7, 11) is 1.31. The molecule has 0 aliphatic rings. The fourth-order valence-corrected chi connectivity index (χ4v) is 3.06. The van der Waals surface area contributed by atoms with Gasteiger partial charge in [-0.1, -0.05) is 30.3 Å². The van der Waals surface area contributed by atoms with Gasteiger partial charge in [-0.25, -0.2) is 4.79 Å². The summed E-state index contributed by atoms with van der Waals surface area (Å²) in [6.45, 7) is 2.54. The summed E-state index contributed by atoms with van der Waals surface area (Å²) in [5, 5.41) is 2.76. The fourth-order valence-electron chi connectivity index (χ4n) is 2.24. The minimum absolute atomic E-state index is 0.171. The third kappa shape index (κ3) is 5.53. The second-order valence-electron chi connectivity index (χ2n) is 5.12. The number of carbonyl (C=O) groups excluding carboxylic acids is 2. The van der Waals surface area contributed by atoms with Gasteiger partial charge in [0, 0.05) is 11.3 Å². The molecule has 0 aromatic heterocycles. The summed E-state index contributed by atoms with van der Waals surface area (Å²) in [6, 6.07) is 14.6. The van der Waals surface area contributed by atoms with E-state index in [2.05, 4.69) is 5.32 Å². The third-order valence-corrected chi connectivity index (χ3v) is 4.35. The zero-order valence-corrected chi connectivity index (χ0v) is 15.1. The van der Waals surface area contributed by atoms with Crippen LogP contribution in [0.3, 0.4) is 0 Å². The van der Waals surface area contributed by atoms with E-state index in [4.69, 9.17) is 9.47 Å². The van der Waals surface area contributed by atoms with Crippen molar-refractivity contribution in [2.75, 3.05) is 24.8 Å². The average Bonchev–Trinajstić information content (AvgIpc) is 2.63.